The van der Waals surface area contributed by atoms with Crippen LogP contribution in [0.25, 0.3) is 11.1 Å². The number of aromatic nitrogens is 2. The van der Waals surface area contributed by atoms with Gasteiger partial charge in [0.15, 0.2) is 0 Å². The number of nitrogens with zero attached hydrogens (tertiary/aromatic N) is 2. The van der Waals surface area contributed by atoms with Gasteiger partial charge in [-0.3, -0.25) is 14.7 Å². The third-order valence-electron chi connectivity index (χ3n) is 4.08. The van der Waals surface area contributed by atoms with E-state index < -0.39 is 6.10 Å². The Morgan fingerprint density at radius 3 is 2.92 bits per heavy atom. The van der Waals surface area contributed by atoms with Gasteiger partial charge >= 0.3 is 0 Å². The number of aliphatic hydroxyl groups is 1. The van der Waals surface area contributed by atoms with Crippen LogP contribution < -0.4 is 5.32 Å². The topological polar surface area (TPSA) is 98.3 Å². The first-order valence-electron chi connectivity index (χ1n) is 8.00. The molecule has 0 spiro atoms. The highest BCUT2D eigenvalue weighted by molar-refractivity contribution is 5.97. The Hall–Kier alpha value is -2.67. The molecule has 1 aromatic carbocycles. The summed E-state index contributed by atoms with van der Waals surface area (Å²) in [6, 6.07) is 9.58. The van der Waals surface area contributed by atoms with Crippen LogP contribution in [0.2, 0.25) is 0 Å². The van der Waals surface area contributed by atoms with Gasteiger partial charge in [-0.15, -0.1) is 0 Å². The molecule has 1 unspecified atom stereocenters. The molecule has 0 saturated carbocycles. The van der Waals surface area contributed by atoms with Crippen molar-refractivity contribution in [2.24, 2.45) is 0 Å². The number of rotatable bonds is 4. The first-order valence-corrected chi connectivity index (χ1v) is 8.00. The standard InChI is InChI=1S/C17H20N4O3/c22-14-8-4-5-9-21(17(14)24)11-15(23)19-16-13(10-18-20-16)12-6-2-1-3-7-12/h1-3,6-7,10,14,22H,4-5,8-9,11H2,(H2,18,19,20,23). The molecule has 2 aromatic rings. The number of hydrogen-bond donors (Lipinski definition) is 3. The Morgan fingerprint density at radius 1 is 1.33 bits per heavy atom. The predicted octanol–water partition coefficient (Wildman–Crippen LogP) is 1.39. The molecule has 2 amide bonds. The average Bonchev–Trinajstić information content (AvgIpc) is 2.99. The van der Waals surface area contributed by atoms with E-state index in [0.29, 0.717) is 18.8 Å². The van der Waals surface area contributed by atoms with Crippen LogP contribution in [-0.2, 0) is 9.59 Å². The van der Waals surface area contributed by atoms with E-state index in [4.69, 9.17) is 0 Å². The third-order valence-corrected chi connectivity index (χ3v) is 4.08. The van der Waals surface area contributed by atoms with Crippen LogP contribution in [0.1, 0.15) is 19.3 Å². The first kappa shape index (κ1) is 16.2. The van der Waals surface area contributed by atoms with Gasteiger partial charge in [0.25, 0.3) is 5.91 Å². The quantitative estimate of drug-likeness (QED) is 0.790. The van der Waals surface area contributed by atoms with E-state index in [0.717, 1.165) is 24.0 Å². The van der Waals surface area contributed by atoms with E-state index in [1.54, 1.807) is 6.20 Å². The summed E-state index contributed by atoms with van der Waals surface area (Å²) < 4.78 is 0. The number of aliphatic hydroxyl groups excluding tert-OH is 1. The molecule has 7 heteroatoms. The van der Waals surface area contributed by atoms with Gasteiger partial charge in [-0.05, 0) is 24.8 Å². The number of aromatic amines is 1. The summed E-state index contributed by atoms with van der Waals surface area (Å²) in [5.41, 5.74) is 1.72. The normalized spacial score (nSPS) is 18.3. The molecule has 3 N–H and O–H groups in total. The maximum absolute atomic E-state index is 12.3. The number of anilines is 1. The van der Waals surface area contributed by atoms with Gasteiger partial charge in [-0.25, -0.2) is 0 Å². The summed E-state index contributed by atoms with van der Waals surface area (Å²) in [6.07, 6.45) is 2.66. The van der Waals surface area contributed by atoms with Crippen molar-refractivity contribution in [2.75, 3.05) is 18.4 Å². The van der Waals surface area contributed by atoms with E-state index >= 15 is 0 Å². The molecule has 0 bridgehead atoms. The second-order valence-electron chi connectivity index (χ2n) is 5.84. The Labute approximate surface area is 139 Å². The summed E-state index contributed by atoms with van der Waals surface area (Å²) in [5, 5.41) is 19.3. The van der Waals surface area contributed by atoms with E-state index in [9.17, 15) is 14.7 Å². The van der Waals surface area contributed by atoms with E-state index in [2.05, 4.69) is 15.5 Å². The highest BCUT2D eigenvalue weighted by Crippen LogP contribution is 2.25. The van der Waals surface area contributed by atoms with Crippen LogP contribution >= 0.6 is 0 Å². The molecule has 2 heterocycles. The fourth-order valence-electron chi connectivity index (χ4n) is 2.81. The van der Waals surface area contributed by atoms with Gasteiger partial charge in [0.2, 0.25) is 5.91 Å². The Morgan fingerprint density at radius 2 is 2.12 bits per heavy atom. The van der Waals surface area contributed by atoms with Crippen LogP contribution in [0.4, 0.5) is 5.82 Å². The van der Waals surface area contributed by atoms with Crippen LogP contribution in [0.5, 0.6) is 0 Å². The molecular weight excluding hydrogens is 308 g/mol. The molecular formula is C17H20N4O3. The van der Waals surface area contributed by atoms with Crippen molar-refractivity contribution < 1.29 is 14.7 Å². The zero-order valence-electron chi connectivity index (χ0n) is 13.2. The summed E-state index contributed by atoms with van der Waals surface area (Å²) >= 11 is 0. The van der Waals surface area contributed by atoms with Gasteiger partial charge in [0.1, 0.15) is 11.9 Å². The fraction of sp³-hybridized carbons (Fsp3) is 0.353. The molecule has 1 aliphatic rings. The van der Waals surface area contributed by atoms with Crippen LogP contribution in [0, 0.1) is 0 Å². The number of carbonyl (C=O) groups is 2. The van der Waals surface area contributed by atoms with E-state index in [1.807, 2.05) is 30.3 Å². The van der Waals surface area contributed by atoms with Crippen molar-refractivity contribution in [2.45, 2.75) is 25.4 Å². The Kier molecular flexibility index (Phi) is 4.90. The Bertz CT molecular complexity index is 714. The second-order valence-corrected chi connectivity index (χ2v) is 5.84. The van der Waals surface area contributed by atoms with Crippen molar-refractivity contribution in [1.82, 2.24) is 15.1 Å². The predicted molar refractivity (Wildman–Crippen MR) is 89.1 cm³/mol. The number of benzene rings is 1. The molecule has 24 heavy (non-hydrogen) atoms. The first-order chi connectivity index (χ1) is 11.6. The largest absolute Gasteiger partial charge is 0.383 e. The third kappa shape index (κ3) is 3.62. The van der Waals surface area contributed by atoms with Gasteiger partial charge < -0.3 is 15.3 Å². The molecule has 1 aromatic heterocycles. The van der Waals surface area contributed by atoms with Crippen molar-refractivity contribution in [3.05, 3.63) is 36.5 Å². The van der Waals surface area contributed by atoms with Crippen molar-refractivity contribution in [1.29, 1.82) is 0 Å². The van der Waals surface area contributed by atoms with Crippen LogP contribution in [0.15, 0.2) is 36.5 Å². The highest BCUT2D eigenvalue weighted by Gasteiger charge is 2.26. The molecule has 0 aliphatic carbocycles. The number of likely N-dealkylation sites (tertiary alicyclic amines) is 1. The van der Waals surface area contributed by atoms with Crippen molar-refractivity contribution >= 4 is 17.6 Å². The van der Waals surface area contributed by atoms with Crippen LogP contribution in [0.3, 0.4) is 0 Å². The zero-order valence-corrected chi connectivity index (χ0v) is 13.2. The number of amides is 2. The SMILES string of the molecule is O=C(CN1CCCCC(O)C1=O)Nc1[nH]ncc1-c1ccccc1. The molecule has 1 saturated heterocycles. The van der Waals surface area contributed by atoms with Gasteiger partial charge in [-0.1, -0.05) is 30.3 Å². The molecule has 1 atom stereocenters. The maximum atomic E-state index is 12.3. The van der Waals surface area contributed by atoms with Gasteiger partial charge in [0, 0.05) is 12.1 Å². The number of nitrogens with one attached hydrogen (secondary N) is 2. The smallest absolute Gasteiger partial charge is 0.251 e. The molecule has 0 radical (unpaired) electrons. The summed E-state index contributed by atoms with van der Waals surface area (Å²) in [7, 11) is 0. The van der Waals surface area contributed by atoms with Gasteiger partial charge in [0.05, 0.1) is 12.7 Å². The lowest BCUT2D eigenvalue weighted by molar-refractivity contribution is -0.141. The molecule has 1 aliphatic heterocycles. The minimum atomic E-state index is -1.01. The lowest BCUT2D eigenvalue weighted by Gasteiger charge is -2.21. The van der Waals surface area contributed by atoms with Gasteiger partial charge in [-0.2, -0.15) is 5.10 Å². The Balaban J connectivity index is 1.68. The number of carbonyl (C=O) groups excluding carboxylic acids is 2. The lowest BCUT2D eigenvalue weighted by atomic mass is 10.1. The van der Waals surface area contributed by atoms with E-state index in [-0.39, 0.29) is 18.4 Å². The molecule has 1 fully saturated rings. The average molecular weight is 328 g/mol. The highest BCUT2D eigenvalue weighted by atomic mass is 16.3. The summed E-state index contributed by atoms with van der Waals surface area (Å²) in [5.74, 6) is -0.205. The molecule has 7 nitrogen and oxygen atoms in total. The van der Waals surface area contributed by atoms with E-state index in [1.165, 1.54) is 4.90 Å². The fourth-order valence-corrected chi connectivity index (χ4v) is 2.81. The van der Waals surface area contributed by atoms with Crippen molar-refractivity contribution in [3.8, 4) is 11.1 Å². The van der Waals surface area contributed by atoms with Crippen LogP contribution in [-0.4, -0.2) is 51.2 Å². The summed E-state index contributed by atoms with van der Waals surface area (Å²) in [6.45, 7) is 0.404. The van der Waals surface area contributed by atoms with Crippen molar-refractivity contribution in [3.63, 3.8) is 0 Å². The number of hydrogen-bond acceptors (Lipinski definition) is 4. The maximum Gasteiger partial charge on any atom is 0.251 e. The lowest BCUT2D eigenvalue weighted by Crippen LogP contribution is -2.42. The molecule has 126 valence electrons. The monoisotopic (exact) mass is 328 g/mol. The minimum absolute atomic E-state index is 0.0802. The second kappa shape index (κ2) is 7.27. The number of H-pyrrole nitrogens is 1. The summed E-state index contributed by atoms with van der Waals surface area (Å²) in [4.78, 5) is 25.7. The minimum Gasteiger partial charge on any atom is -0.383 e. The zero-order chi connectivity index (χ0) is 16.9. The molecule has 3 rings (SSSR count).